The Morgan fingerprint density at radius 3 is 2.42 bits per heavy atom. The molecule has 0 bridgehead atoms. The number of rotatable bonds is 12. The molecule has 0 aliphatic heterocycles. The van der Waals surface area contributed by atoms with Crippen molar-refractivity contribution in [3.8, 4) is 34.0 Å². The van der Waals surface area contributed by atoms with E-state index in [9.17, 15) is 14.7 Å². The highest BCUT2D eigenvalue weighted by molar-refractivity contribution is 6.33. The van der Waals surface area contributed by atoms with E-state index in [4.69, 9.17) is 37.7 Å². The van der Waals surface area contributed by atoms with Gasteiger partial charge >= 0.3 is 5.97 Å². The molecule has 0 atom stereocenters. The average Bonchev–Trinajstić information content (AvgIpc) is 2.97. The summed E-state index contributed by atoms with van der Waals surface area (Å²) in [6.45, 7) is 3.67. The number of aromatic nitrogens is 2. The van der Waals surface area contributed by atoms with Crippen molar-refractivity contribution in [2.45, 2.75) is 51.0 Å². The summed E-state index contributed by atoms with van der Waals surface area (Å²) in [7, 11) is 3.99. The van der Waals surface area contributed by atoms with Gasteiger partial charge in [0.1, 0.15) is 22.7 Å². The molecule has 232 valence electrons. The van der Waals surface area contributed by atoms with Gasteiger partial charge in [0.15, 0.2) is 0 Å². The molecule has 1 saturated carbocycles. The Morgan fingerprint density at radius 2 is 1.74 bits per heavy atom. The highest BCUT2D eigenvalue weighted by atomic mass is 35.5. The number of benzene rings is 2. The number of halogens is 3. The zero-order valence-corrected chi connectivity index (χ0v) is 26.8. The second-order valence-corrected chi connectivity index (χ2v) is 11.4. The molecular weight excluding hydrogens is 615 g/mol. The lowest BCUT2D eigenvalue weighted by atomic mass is 9.81. The number of nitrogens with one attached hydrogen (secondary N) is 1. The highest BCUT2D eigenvalue weighted by Gasteiger charge is 2.41. The maximum absolute atomic E-state index is 13.4. The lowest BCUT2D eigenvalue weighted by Crippen LogP contribution is -2.55. The Kier molecular flexibility index (Phi) is 12.4. The molecule has 0 spiro atoms. The van der Waals surface area contributed by atoms with E-state index >= 15 is 0 Å². The molecule has 1 aromatic heterocycles. The van der Waals surface area contributed by atoms with E-state index in [-0.39, 0.29) is 18.1 Å². The fourth-order valence-electron chi connectivity index (χ4n) is 4.99. The van der Waals surface area contributed by atoms with Crippen LogP contribution in [0.1, 0.15) is 55.9 Å². The van der Waals surface area contributed by atoms with E-state index in [0.29, 0.717) is 70.1 Å². The van der Waals surface area contributed by atoms with Crippen LogP contribution in [0.25, 0.3) is 22.5 Å². The van der Waals surface area contributed by atoms with Gasteiger partial charge in [0.2, 0.25) is 0 Å². The first kappa shape index (κ1) is 34.4. The fraction of sp³-hybridized carbons (Fsp3) is 0.419. The van der Waals surface area contributed by atoms with Crippen LogP contribution in [0.5, 0.6) is 11.5 Å². The SMILES string of the molecule is CCOc1ccc(Cl)c(-c2ncc(C(=O)NC3(C(=O)O)CCCCC3)nc2-c2ccc(Cl)c(OCCCN(C)C)c2)c1.Cl. The standard InChI is InChI=1S/C31H36Cl2N4O5.ClH/c1-4-41-21-10-12-23(32)22(18-21)28-27(20-9-11-24(33)26(17-20)42-16-8-15-37(2)3)35-25(19-34-28)29(38)36-31(30(39)40)13-6-5-7-14-31;/h9-12,17-19H,4-8,13-16H2,1-3H3,(H,36,38)(H,39,40);1H. The van der Waals surface area contributed by atoms with Crippen LogP contribution in [0.15, 0.2) is 42.6 Å². The van der Waals surface area contributed by atoms with Crippen molar-refractivity contribution in [2.75, 3.05) is 33.9 Å². The van der Waals surface area contributed by atoms with Crippen LogP contribution >= 0.6 is 35.6 Å². The summed E-state index contributed by atoms with van der Waals surface area (Å²) in [4.78, 5) is 37.0. The highest BCUT2D eigenvalue weighted by Crippen LogP contribution is 2.38. The normalized spacial score (nSPS) is 14.1. The number of carboxylic acids is 1. The van der Waals surface area contributed by atoms with Gasteiger partial charge in [-0.3, -0.25) is 9.78 Å². The van der Waals surface area contributed by atoms with Crippen LogP contribution in [0.3, 0.4) is 0 Å². The molecule has 1 fully saturated rings. The predicted molar refractivity (Wildman–Crippen MR) is 171 cm³/mol. The molecule has 4 rings (SSSR count). The number of carbonyl (C=O) groups excluding carboxylic acids is 1. The zero-order chi connectivity index (χ0) is 30.3. The minimum absolute atomic E-state index is 0. The summed E-state index contributed by atoms with van der Waals surface area (Å²) in [5.74, 6) is -0.582. The Bertz CT molecular complexity index is 1430. The number of aliphatic carboxylic acids is 1. The van der Waals surface area contributed by atoms with Crippen molar-refractivity contribution in [2.24, 2.45) is 0 Å². The summed E-state index contributed by atoms with van der Waals surface area (Å²) in [5.41, 5.74) is 0.599. The van der Waals surface area contributed by atoms with Gasteiger partial charge in [-0.2, -0.15) is 0 Å². The second kappa shape index (κ2) is 15.6. The van der Waals surface area contributed by atoms with Crippen molar-refractivity contribution in [3.05, 3.63) is 58.3 Å². The van der Waals surface area contributed by atoms with Gasteiger partial charge in [0, 0.05) is 17.7 Å². The molecule has 43 heavy (non-hydrogen) atoms. The van der Waals surface area contributed by atoms with Gasteiger partial charge in [0.25, 0.3) is 5.91 Å². The molecule has 0 radical (unpaired) electrons. The fourth-order valence-corrected chi connectivity index (χ4v) is 5.37. The Hall–Kier alpha value is -3.11. The quantitative estimate of drug-likeness (QED) is 0.206. The summed E-state index contributed by atoms with van der Waals surface area (Å²) >= 11 is 13.1. The topological polar surface area (TPSA) is 114 Å². The third kappa shape index (κ3) is 8.50. The Balaban J connectivity index is 0.00000506. The summed E-state index contributed by atoms with van der Waals surface area (Å²) in [5, 5.41) is 13.6. The maximum atomic E-state index is 13.4. The molecule has 0 unspecified atom stereocenters. The number of ether oxygens (including phenoxy) is 2. The van der Waals surface area contributed by atoms with Gasteiger partial charge in [0.05, 0.1) is 40.8 Å². The number of amides is 1. The molecule has 2 aromatic carbocycles. The van der Waals surface area contributed by atoms with Crippen molar-refractivity contribution < 1.29 is 24.2 Å². The minimum Gasteiger partial charge on any atom is -0.494 e. The average molecular weight is 652 g/mol. The van der Waals surface area contributed by atoms with Gasteiger partial charge in [-0.25, -0.2) is 9.78 Å². The van der Waals surface area contributed by atoms with E-state index < -0.39 is 17.4 Å². The third-order valence-electron chi connectivity index (χ3n) is 7.19. The van der Waals surface area contributed by atoms with E-state index in [1.807, 2.05) is 21.0 Å². The molecule has 1 amide bonds. The second-order valence-electron chi connectivity index (χ2n) is 10.6. The van der Waals surface area contributed by atoms with Crippen LogP contribution in [0, 0.1) is 0 Å². The maximum Gasteiger partial charge on any atom is 0.329 e. The first-order valence-electron chi connectivity index (χ1n) is 14.1. The van der Waals surface area contributed by atoms with E-state index in [1.54, 1.807) is 36.4 Å². The van der Waals surface area contributed by atoms with Crippen LogP contribution in [0.2, 0.25) is 10.0 Å². The molecule has 1 aliphatic carbocycles. The molecule has 9 nitrogen and oxygen atoms in total. The van der Waals surface area contributed by atoms with Crippen molar-refractivity contribution in [1.29, 1.82) is 0 Å². The van der Waals surface area contributed by atoms with Gasteiger partial charge in [-0.05, 0) is 70.6 Å². The smallest absolute Gasteiger partial charge is 0.329 e. The van der Waals surface area contributed by atoms with E-state index in [1.165, 1.54) is 6.20 Å². The lowest BCUT2D eigenvalue weighted by Gasteiger charge is -2.33. The van der Waals surface area contributed by atoms with Gasteiger partial charge in [-0.1, -0.05) is 48.5 Å². The number of hydrogen-bond acceptors (Lipinski definition) is 7. The van der Waals surface area contributed by atoms with E-state index in [0.717, 1.165) is 32.2 Å². The van der Waals surface area contributed by atoms with Crippen LogP contribution in [0.4, 0.5) is 0 Å². The Morgan fingerprint density at radius 1 is 1.02 bits per heavy atom. The van der Waals surface area contributed by atoms with Gasteiger partial charge in [-0.15, -0.1) is 12.4 Å². The van der Waals surface area contributed by atoms with Gasteiger partial charge < -0.3 is 24.8 Å². The van der Waals surface area contributed by atoms with Crippen molar-refractivity contribution in [3.63, 3.8) is 0 Å². The van der Waals surface area contributed by atoms with Crippen molar-refractivity contribution >= 4 is 47.5 Å². The van der Waals surface area contributed by atoms with E-state index in [2.05, 4.69) is 15.2 Å². The summed E-state index contributed by atoms with van der Waals surface area (Å²) in [6, 6.07) is 10.5. The van der Waals surface area contributed by atoms with Crippen LogP contribution in [-0.4, -0.2) is 71.2 Å². The number of nitrogens with zero attached hydrogens (tertiary/aromatic N) is 3. The van der Waals surface area contributed by atoms with Crippen LogP contribution in [-0.2, 0) is 4.79 Å². The van der Waals surface area contributed by atoms with Crippen LogP contribution < -0.4 is 14.8 Å². The Labute approximate surface area is 268 Å². The monoisotopic (exact) mass is 650 g/mol. The third-order valence-corrected chi connectivity index (χ3v) is 7.83. The first-order chi connectivity index (χ1) is 20.1. The molecule has 0 saturated heterocycles. The number of carboxylic acid groups (broad SMARTS) is 1. The summed E-state index contributed by atoms with van der Waals surface area (Å²) in [6.07, 6.45) is 5.24. The molecule has 12 heteroatoms. The largest absolute Gasteiger partial charge is 0.494 e. The predicted octanol–water partition coefficient (Wildman–Crippen LogP) is 6.79. The molecular formula is C31H37Cl3N4O5. The molecule has 1 heterocycles. The summed E-state index contributed by atoms with van der Waals surface area (Å²) < 4.78 is 11.7. The molecule has 2 N–H and O–H groups in total. The lowest BCUT2D eigenvalue weighted by molar-refractivity contribution is -0.145. The first-order valence-corrected chi connectivity index (χ1v) is 14.8. The molecule has 3 aromatic rings. The molecule has 1 aliphatic rings. The zero-order valence-electron chi connectivity index (χ0n) is 24.5. The minimum atomic E-state index is -1.33. The van der Waals surface area contributed by atoms with Crippen molar-refractivity contribution in [1.82, 2.24) is 20.2 Å². The number of carbonyl (C=O) groups is 2. The number of hydrogen-bond donors (Lipinski definition) is 2.